The largest absolute Gasteiger partial charge is 0.388 e. The van der Waals surface area contributed by atoms with Crippen molar-refractivity contribution in [2.45, 2.75) is 131 Å². The van der Waals surface area contributed by atoms with Crippen LogP contribution in [-0.4, -0.2) is 99.7 Å². The van der Waals surface area contributed by atoms with E-state index in [4.69, 9.17) is 47.4 Å². The van der Waals surface area contributed by atoms with E-state index in [1.54, 1.807) is 16.4 Å². The molecule has 392 valence electrons. The van der Waals surface area contributed by atoms with Gasteiger partial charge >= 0.3 is 0 Å². The maximum absolute atomic E-state index is 11.4. The van der Waals surface area contributed by atoms with Gasteiger partial charge in [-0.05, 0) is 59.4 Å². The topological polar surface area (TPSA) is 143 Å². The molecule has 1 N–H and O–H groups in total. The van der Waals surface area contributed by atoms with Crippen LogP contribution in [0.4, 0.5) is 0 Å². The van der Waals surface area contributed by atoms with E-state index in [2.05, 4.69) is 64.9 Å². The lowest BCUT2D eigenvalue weighted by molar-refractivity contribution is -0.254. The molecule has 6 aromatic carbocycles. The molecule has 0 aliphatic carbocycles. The molecule has 7 aromatic rings. The first-order valence-electron chi connectivity index (χ1n) is 25.6. The quantitative estimate of drug-likeness (QED) is 0.0581. The SMILES string of the molecule is CC1(C)O[C@H]2O[C@H]([C@H](O)COCc3cccc(Cn4cc(CO[C@@H]5[C@@H](OCc6ccccc6)[C@H](OCc6ccccc6)[C@@H](COCc6ccccc6)O[C@H]5Sc5ccccc5)nn4)c3)[C@H](OCc3ccccc3)[C@H]2O1. The predicted octanol–water partition coefficient (Wildman–Crippen LogP) is 9.46. The zero-order chi connectivity index (χ0) is 51.2. The number of aliphatic hydroxyl groups is 1. The summed E-state index contributed by atoms with van der Waals surface area (Å²) < 4.78 is 66.8. The molecule has 3 fully saturated rings. The summed E-state index contributed by atoms with van der Waals surface area (Å²) in [7, 11) is 0. The summed E-state index contributed by atoms with van der Waals surface area (Å²) in [5.74, 6) is -0.826. The second kappa shape index (κ2) is 25.9. The van der Waals surface area contributed by atoms with Gasteiger partial charge in [-0.1, -0.05) is 181 Å². The lowest BCUT2D eigenvalue weighted by atomic mass is 9.99. The van der Waals surface area contributed by atoms with E-state index >= 15 is 0 Å². The standard InChI is InChI=1S/C60H65N3O11S/c1-60(2)73-56-54(68-37-44-23-12-5-13-24-44)52(72-58(56)74-60)50(64)40-65-35-47-28-18-27-46(31-47)32-63-33-48(61-62-63)39-70-57-55(69-38-45-25-14-6-15-26-45)53(67-36-43-21-10-4-11-22-43)51(41-66-34-42-19-8-3-9-20-42)71-59(57)75-49-29-16-7-17-30-49/h3-31,33,50-59,64H,32,34-41H2,1-2H3/t50-,51-,52-,53-,54+,55+,56-,57-,58-,59+/m1/s1. The minimum absolute atomic E-state index is 0.0207. The van der Waals surface area contributed by atoms with Gasteiger partial charge in [0.25, 0.3) is 0 Å². The van der Waals surface area contributed by atoms with Gasteiger partial charge in [-0.15, -0.1) is 5.10 Å². The molecule has 3 saturated heterocycles. The van der Waals surface area contributed by atoms with Crippen LogP contribution in [0.15, 0.2) is 187 Å². The molecule has 0 spiro atoms. The zero-order valence-electron chi connectivity index (χ0n) is 42.2. The predicted molar refractivity (Wildman–Crippen MR) is 281 cm³/mol. The van der Waals surface area contributed by atoms with Gasteiger partial charge in [-0.3, -0.25) is 0 Å². The molecule has 4 heterocycles. The zero-order valence-corrected chi connectivity index (χ0v) is 43.1. The Labute approximate surface area is 443 Å². The molecule has 14 nitrogen and oxygen atoms in total. The molecule has 0 saturated carbocycles. The average Bonchev–Trinajstić information content (AvgIpc) is 4.12. The summed E-state index contributed by atoms with van der Waals surface area (Å²) in [6, 6.07) is 58.5. The van der Waals surface area contributed by atoms with Gasteiger partial charge < -0.3 is 52.5 Å². The number of aromatic nitrogens is 3. The highest BCUT2D eigenvalue weighted by molar-refractivity contribution is 7.99. The Morgan fingerprint density at radius 3 is 1.73 bits per heavy atom. The summed E-state index contributed by atoms with van der Waals surface area (Å²) in [5, 5.41) is 20.5. The Bertz CT molecular complexity index is 2780. The van der Waals surface area contributed by atoms with Crippen molar-refractivity contribution >= 4 is 11.8 Å². The number of thioether (sulfide) groups is 1. The van der Waals surface area contributed by atoms with Crippen LogP contribution in [0.5, 0.6) is 0 Å². The summed E-state index contributed by atoms with van der Waals surface area (Å²) in [6.45, 7) is 6.28. The Hall–Kier alpha value is -5.63. The van der Waals surface area contributed by atoms with Gasteiger partial charge in [0.2, 0.25) is 0 Å². The molecular formula is C60H65N3O11S. The lowest BCUT2D eigenvalue weighted by Crippen LogP contribution is -2.60. The third-order valence-corrected chi connectivity index (χ3v) is 14.3. The van der Waals surface area contributed by atoms with E-state index in [1.165, 1.54) is 0 Å². The molecule has 0 radical (unpaired) electrons. The minimum atomic E-state index is -0.989. The van der Waals surface area contributed by atoms with Gasteiger partial charge in [-0.25, -0.2) is 4.68 Å². The van der Waals surface area contributed by atoms with Gasteiger partial charge in [-0.2, -0.15) is 0 Å². The van der Waals surface area contributed by atoms with Crippen LogP contribution in [0.25, 0.3) is 0 Å². The van der Waals surface area contributed by atoms with Crippen molar-refractivity contribution in [1.82, 2.24) is 15.0 Å². The number of hydrogen-bond donors (Lipinski definition) is 1. The Kier molecular flexibility index (Phi) is 18.3. The van der Waals surface area contributed by atoms with Crippen LogP contribution in [0.2, 0.25) is 0 Å². The van der Waals surface area contributed by atoms with E-state index < -0.39 is 66.3 Å². The summed E-state index contributed by atoms with van der Waals surface area (Å²) in [4.78, 5) is 1.03. The third-order valence-electron chi connectivity index (χ3n) is 13.1. The van der Waals surface area contributed by atoms with Crippen LogP contribution in [0.3, 0.4) is 0 Å². The van der Waals surface area contributed by atoms with Crippen molar-refractivity contribution < 1.29 is 52.5 Å². The van der Waals surface area contributed by atoms with Crippen LogP contribution in [0, 0.1) is 0 Å². The van der Waals surface area contributed by atoms with Crippen LogP contribution < -0.4 is 0 Å². The molecule has 15 heteroatoms. The van der Waals surface area contributed by atoms with E-state index in [-0.39, 0.29) is 26.4 Å². The first-order valence-corrected chi connectivity index (χ1v) is 26.5. The second-order valence-corrected chi connectivity index (χ2v) is 20.6. The van der Waals surface area contributed by atoms with Crippen LogP contribution >= 0.6 is 11.8 Å². The number of ether oxygens (including phenoxy) is 10. The highest BCUT2D eigenvalue weighted by atomic mass is 32.2. The third kappa shape index (κ3) is 14.7. The maximum atomic E-state index is 11.4. The Balaban J connectivity index is 0.807. The highest BCUT2D eigenvalue weighted by Gasteiger charge is 2.57. The van der Waals surface area contributed by atoms with E-state index in [0.717, 1.165) is 38.3 Å². The van der Waals surface area contributed by atoms with Gasteiger partial charge in [0.05, 0.1) is 65.6 Å². The van der Waals surface area contributed by atoms with Gasteiger partial charge in [0, 0.05) is 4.90 Å². The fourth-order valence-electron chi connectivity index (χ4n) is 9.54. The fraction of sp³-hybridized carbons (Fsp3) is 0.367. The second-order valence-electron chi connectivity index (χ2n) is 19.4. The number of rotatable bonds is 25. The van der Waals surface area contributed by atoms with Crippen molar-refractivity contribution in [2.75, 3.05) is 13.2 Å². The molecule has 1 aromatic heterocycles. The van der Waals surface area contributed by atoms with Crippen molar-refractivity contribution in [1.29, 1.82) is 0 Å². The molecule has 0 bridgehead atoms. The fourth-order valence-corrected chi connectivity index (χ4v) is 10.7. The Morgan fingerprint density at radius 1 is 0.560 bits per heavy atom. The number of fused-ring (bicyclic) bond motifs is 1. The van der Waals surface area contributed by atoms with Gasteiger partial charge in [0.1, 0.15) is 60.0 Å². The molecular weight excluding hydrogens is 971 g/mol. The average molecular weight is 1040 g/mol. The molecule has 3 aliphatic rings. The number of benzene rings is 6. The van der Waals surface area contributed by atoms with Gasteiger partial charge in [0.15, 0.2) is 12.1 Å². The molecule has 10 atom stereocenters. The molecule has 3 aliphatic heterocycles. The van der Waals surface area contributed by atoms with E-state index in [0.29, 0.717) is 38.7 Å². The first kappa shape index (κ1) is 52.8. The monoisotopic (exact) mass is 1040 g/mol. The summed E-state index contributed by atoms with van der Waals surface area (Å²) in [5.41, 5.74) is 6.21. The number of aliphatic hydroxyl groups excluding tert-OH is 1. The van der Waals surface area contributed by atoms with E-state index in [9.17, 15) is 5.11 Å². The summed E-state index contributed by atoms with van der Waals surface area (Å²) >= 11 is 1.58. The summed E-state index contributed by atoms with van der Waals surface area (Å²) in [6.07, 6.45) is -3.76. The molecule has 10 rings (SSSR count). The Morgan fingerprint density at radius 2 is 1.09 bits per heavy atom. The first-order chi connectivity index (χ1) is 36.8. The number of nitrogens with zero attached hydrogens (tertiary/aromatic N) is 3. The molecule has 0 amide bonds. The molecule has 0 unspecified atom stereocenters. The minimum Gasteiger partial charge on any atom is -0.388 e. The van der Waals surface area contributed by atoms with Crippen molar-refractivity contribution in [3.63, 3.8) is 0 Å². The van der Waals surface area contributed by atoms with Crippen molar-refractivity contribution in [3.8, 4) is 0 Å². The van der Waals surface area contributed by atoms with Crippen LogP contribution in [0.1, 0.15) is 52.9 Å². The maximum Gasteiger partial charge on any atom is 0.190 e. The van der Waals surface area contributed by atoms with Crippen LogP contribution in [-0.2, 0) is 93.6 Å². The lowest BCUT2D eigenvalue weighted by Gasteiger charge is -2.46. The normalized spacial score (nSPS) is 24.5. The number of hydrogen-bond acceptors (Lipinski definition) is 14. The molecule has 75 heavy (non-hydrogen) atoms. The van der Waals surface area contributed by atoms with Crippen molar-refractivity contribution in [3.05, 3.63) is 221 Å². The van der Waals surface area contributed by atoms with E-state index in [1.807, 2.05) is 141 Å². The highest BCUT2D eigenvalue weighted by Crippen LogP contribution is 2.41. The van der Waals surface area contributed by atoms with Crippen molar-refractivity contribution in [2.24, 2.45) is 0 Å². The smallest absolute Gasteiger partial charge is 0.190 e.